The third kappa shape index (κ3) is 0.959. The fraction of sp³-hybridized carbons (Fsp3) is 0.889. The van der Waals surface area contributed by atoms with Gasteiger partial charge < -0.3 is 9.84 Å². The number of aliphatic hydroxyl groups excluding tert-OH is 1. The number of methoxy groups -OCH3 is 1. The lowest BCUT2D eigenvalue weighted by Crippen LogP contribution is -2.34. The quantitative estimate of drug-likeness (QED) is 0.585. The lowest BCUT2D eigenvalue weighted by atomic mass is 9.86. The van der Waals surface area contributed by atoms with Crippen molar-refractivity contribution >= 4 is 5.97 Å². The molecule has 2 saturated carbocycles. The molecule has 2 rings (SSSR count). The summed E-state index contributed by atoms with van der Waals surface area (Å²) in [6.45, 7) is 0. The minimum Gasteiger partial charge on any atom is -0.469 e. The Hall–Kier alpha value is -0.570. The Morgan fingerprint density at radius 2 is 2.08 bits per heavy atom. The maximum Gasteiger partial charge on any atom is 0.311 e. The minimum absolute atomic E-state index is 0.227. The van der Waals surface area contributed by atoms with E-state index in [1.807, 2.05) is 0 Å². The first-order valence-electron chi connectivity index (χ1n) is 4.50. The first-order chi connectivity index (χ1) is 5.74. The smallest absolute Gasteiger partial charge is 0.311 e. The van der Waals surface area contributed by atoms with Crippen LogP contribution in [-0.2, 0) is 9.53 Å². The molecule has 0 aliphatic heterocycles. The van der Waals surface area contributed by atoms with Crippen molar-refractivity contribution in [1.29, 1.82) is 0 Å². The summed E-state index contributed by atoms with van der Waals surface area (Å²) in [6, 6.07) is 0. The van der Waals surface area contributed by atoms with Gasteiger partial charge in [0.2, 0.25) is 0 Å². The summed E-state index contributed by atoms with van der Waals surface area (Å²) in [6.07, 6.45) is 2.75. The number of carbonyl (C=O) groups excluding carboxylic acids is 1. The predicted molar refractivity (Wildman–Crippen MR) is 42.3 cm³/mol. The molecule has 0 saturated heterocycles. The Morgan fingerprint density at radius 1 is 1.42 bits per heavy atom. The molecule has 0 aromatic heterocycles. The second kappa shape index (κ2) is 2.73. The van der Waals surface area contributed by atoms with Crippen LogP contribution in [0.4, 0.5) is 0 Å². The van der Waals surface area contributed by atoms with Gasteiger partial charge >= 0.3 is 5.97 Å². The summed E-state index contributed by atoms with van der Waals surface area (Å²) in [5.41, 5.74) is 0. The standard InChI is InChI=1S/C9H14O3/c1-12-9(11)7-5-2-3-6(4-5)8(7)10/h5-8,10H,2-4H2,1H3/t5-,6+,7-,8-/m1/s1. The molecule has 68 valence electrons. The van der Waals surface area contributed by atoms with E-state index in [0.29, 0.717) is 11.8 Å². The van der Waals surface area contributed by atoms with Gasteiger partial charge in [0.15, 0.2) is 0 Å². The summed E-state index contributed by atoms with van der Waals surface area (Å²) in [4.78, 5) is 11.2. The van der Waals surface area contributed by atoms with Gasteiger partial charge in [0.25, 0.3) is 0 Å². The Balaban J connectivity index is 2.12. The second-order valence-corrected chi connectivity index (χ2v) is 3.87. The molecule has 0 heterocycles. The number of carbonyl (C=O) groups is 1. The molecule has 0 aromatic carbocycles. The van der Waals surface area contributed by atoms with E-state index in [1.165, 1.54) is 7.11 Å². The first-order valence-corrected chi connectivity index (χ1v) is 4.50. The van der Waals surface area contributed by atoms with Gasteiger partial charge in [-0.15, -0.1) is 0 Å². The van der Waals surface area contributed by atoms with E-state index in [0.717, 1.165) is 19.3 Å². The average Bonchev–Trinajstić information content (AvgIpc) is 2.63. The molecule has 2 fully saturated rings. The van der Waals surface area contributed by atoms with Crippen molar-refractivity contribution in [3.63, 3.8) is 0 Å². The van der Waals surface area contributed by atoms with E-state index < -0.39 is 6.10 Å². The van der Waals surface area contributed by atoms with Crippen LogP contribution in [0.25, 0.3) is 0 Å². The second-order valence-electron chi connectivity index (χ2n) is 3.87. The number of rotatable bonds is 1. The summed E-state index contributed by atoms with van der Waals surface area (Å²) in [5.74, 6) is 0.292. The number of hydrogen-bond donors (Lipinski definition) is 1. The lowest BCUT2D eigenvalue weighted by Gasteiger charge is -2.24. The highest BCUT2D eigenvalue weighted by Gasteiger charge is 2.50. The lowest BCUT2D eigenvalue weighted by molar-refractivity contribution is -0.151. The molecule has 2 aliphatic rings. The van der Waals surface area contributed by atoms with Crippen LogP contribution in [0, 0.1) is 17.8 Å². The van der Waals surface area contributed by atoms with Gasteiger partial charge in [-0.3, -0.25) is 4.79 Å². The molecule has 0 unspecified atom stereocenters. The highest BCUT2D eigenvalue weighted by Crippen LogP contribution is 2.48. The number of esters is 1. The highest BCUT2D eigenvalue weighted by atomic mass is 16.5. The van der Waals surface area contributed by atoms with Crippen LogP contribution in [0.2, 0.25) is 0 Å². The third-order valence-corrected chi connectivity index (χ3v) is 3.35. The average molecular weight is 170 g/mol. The fourth-order valence-corrected chi connectivity index (χ4v) is 2.73. The molecule has 0 amide bonds. The molecule has 12 heavy (non-hydrogen) atoms. The maximum absolute atomic E-state index is 11.2. The zero-order valence-corrected chi connectivity index (χ0v) is 7.19. The summed E-state index contributed by atoms with van der Waals surface area (Å²) in [5, 5.41) is 9.68. The van der Waals surface area contributed by atoms with Crippen LogP contribution in [0.3, 0.4) is 0 Å². The third-order valence-electron chi connectivity index (χ3n) is 3.35. The van der Waals surface area contributed by atoms with Crippen molar-refractivity contribution in [2.24, 2.45) is 17.8 Å². The molecule has 3 heteroatoms. The van der Waals surface area contributed by atoms with Gasteiger partial charge in [0.05, 0.1) is 19.1 Å². The van der Waals surface area contributed by atoms with Crippen LogP contribution in [0.15, 0.2) is 0 Å². The van der Waals surface area contributed by atoms with Gasteiger partial charge in [-0.1, -0.05) is 0 Å². The molecule has 0 aromatic rings. The Bertz CT molecular complexity index is 200. The van der Waals surface area contributed by atoms with Crippen LogP contribution >= 0.6 is 0 Å². The highest BCUT2D eigenvalue weighted by molar-refractivity contribution is 5.74. The monoisotopic (exact) mass is 170 g/mol. The molecule has 3 nitrogen and oxygen atoms in total. The fourth-order valence-electron chi connectivity index (χ4n) is 2.73. The van der Waals surface area contributed by atoms with E-state index >= 15 is 0 Å². The van der Waals surface area contributed by atoms with Crippen molar-refractivity contribution in [2.75, 3.05) is 7.11 Å². The van der Waals surface area contributed by atoms with Crippen molar-refractivity contribution in [3.05, 3.63) is 0 Å². The van der Waals surface area contributed by atoms with E-state index in [4.69, 9.17) is 0 Å². The Kier molecular flexibility index (Phi) is 1.83. The summed E-state index contributed by atoms with van der Waals surface area (Å²) >= 11 is 0. The van der Waals surface area contributed by atoms with Gasteiger partial charge in [-0.05, 0) is 31.1 Å². The van der Waals surface area contributed by atoms with E-state index in [2.05, 4.69) is 4.74 Å². The molecule has 2 bridgehead atoms. The zero-order chi connectivity index (χ0) is 8.72. The van der Waals surface area contributed by atoms with Gasteiger partial charge in [-0.2, -0.15) is 0 Å². The van der Waals surface area contributed by atoms with Crippen LogP contribution in [0.5, 0.6) is 0 Å². The predicted octanol–water partition coefficient (Wildman–Crippen LogP) is 0.566. The van der Waals surface area contributed by atoms with Gasteiger partial charge in [0, 0.05) is 0 Å². The minimum atomic E-state index is -0.434. The van der Waals surface area contributed by atoms with E-state index in [-0.39, 0.29) is 11.9 Å². The molecule has 1 N–H and O–H groups in total. The van der Waals surface area contributed by atoms with Gasteiger partial charge in [0.1, 0.15) is 0 Å². The SMILES string of the molecule is COC(=O)[C@@H]1[C@@H]2CC[C@@H](C2)[C@H]1O. The molecule has 2 aliphatic carbocycles. The number of ether oxygens (including phenoxy) is 1. The van der Waals surface area contributed by atoms with Crippen LogP contribution in [-0.4, -0.2) is 24.3 Å². The number of aliphatic hydroxyl groups is 1. The summed E-state index contributed by atoms with van der Waals surface area (Å²) in [7, 11) is 1.39. The molecule has 0 radical (unpaired) electrons. The topological polar surface area (TPSA) is 46.5 Å². The molecular weight excluding hydrogens is 156 g/mol. The van der Waals surface area contributed by atoms with Crippen molar-refractivity contribution in [3.8, 4) is 0 Å². The maximum atomic E-state index is 11.2. The van der Waals surface area contributed by atoms with Crippen LogP contribution in [0.1, 0.15) is 19.3 Å². The van der Waals surface area contributed by atoms with Crippen LogP contribution < -0.4 is 0 Å². The number of fused-ring (bicyclic) bond motifs is 2. The van der Waals surface area contributed by atoms with Crippen molar-refractivity contribution in [2.45, 2.75) is 25.4 Å². The first kappa shape index (κ1) is 8.05. The van der Waals surface area contributed by atoms with E-state index in [9.17, 15) is 9.90 Å². The molecule has 0 spiro atoms. The zero-order valence-electron chi connectivity index (χ0n) is 7.19. The molecular formula is C9H14O3. The van der Waals surface area contributed by atoms with Crippen molar-refractivity contribution < 1.29 is 14.6 Å². The van der Waals surface area contributed by atoms with Crippen molar-refractivity contribution in [1.82, 2.24) is 0 Å². The number of hydrogen-bond acceptors (Lipinski definition) is 3. The van der Waals surface area contributed by atoms with E-state index in [1.54, 1.807) is 0 Å². The molecule has 4 atom stereocenters. The largest absolute Gasteiger partial charge is 0.469 e. The normalized spacial score (nSPS) is 44.8. The van der Waals surface area contributed by atoms with Gasteiger partial charge in [-0.25, -0.2) is 0 Å². The summed E-state index contributed by atoms with van der Waals surface area (Å²) < 4.78 is 4.66. The Morgan fingerprint density at radius 3 is 2.58 bits per heavy atom. The Labute approximate surface area is 71.7 Å².